The Morgan fingerprint density at radius 3 is 3.00 bits per heavy atom. The van der Waals surface area contributed by atoms with Crippen LogP contribution < -0.4 is 0 Å². The number of fused-ring (bicyclic) bond motifs is 1. The number of carbonyl (C=O) groups excluding carboxylic acids is 1. The lowest BCUT2D eigenvalue weighted by molar-refractivity contribution is 0.0968. The summed E-state index contributed by atoms with van der Waals surface area (Å²) in [5.74, 6) is 0.188. The highest BCUT2D eigenvalue weighted by molar-refractivity contribution is 7.15. The summed E-state index contributed by atoms with van der Waals surface area (Å²) in [6.07, 6.45) is 6.30. The number of hydrogen-bond acceptors (Lipinski definition) is 4. The molecule has 0 aromatic carbocycles. The van der Waals surface area contributed by atoms with Gasteiger partial charge in [0.1, 0.15) is 10.7 Å². The molecular formula is C11H11N3OS. The van der Waals surface area contributed by atoms with Crippen LogP contribution in [0.3, 0.4) is 0 Å². The summed E-state index contributed by atoms with van der Waals surface area (Å²) in [6.45, 7) is 0. The molecule has 4 nitrogen and oxygen atoms in total. The maximum atomic E-state index is 11.7. The van der Waals surface area contributed by atoms with Gasteiger partial charge in [-0.15, -0.1) is 11.3 Å². The van der Waals surface area contributed by atoms with Gasteiger partial charge in [0.25, 0.3) is 0 Å². The van der Waals surface area contributed by atoms with Crippen molar-refractivity contribution in [3.05, 3.63) is 23.0 Å². The number of Topliss-reactive ketones (excluding diaryl/α,β-unsaturated/α-hetero) is 1. The smallest absolute Gasteiger partial charge is 0.182 e. The van der Waals surface area contributed by atoms with Gasteiger partial charge in [-0.2, -0.15) is 5.10 Å². The molecule has 0 bridgehead atoms. The van der Waals surface area contributed by atoms with E-state index in [1.165, 1.54) is 0 Å². The number of aryl methyl sites for hydroxylation is 2. The van der Waals surface area contributed by atoms with Crippen LogP contribution in [0.15, 0.2) is 12.4 Å². The normalized spacial score (nSPS) is 15.2. The zero-order chi connectivity index (χ0) is 11.1. The molecule has 0 radical (unpaired) electrons. The monoisotopic (exact) mass is 233 g/mol. The van der Waals surface area contributed by atoms with Crippen LogP contribution in [0, 0.1) is 0 Å². The fraction of sp³-hybridized carbons (Fsp3) is 0.364. The van der Waals surface area contributed by atoms with Gasteiger partial charge in [-0.05, 0) is 12.8 Å². The van der Waals surface area contributed by atoms with Gasteiger partial charge in [0.2, 0.25) is 0 Å². The van der Waals surface area contributed by atoms with Gasteiger partial charge < -0.3 is 0 Å². The molecule has 0 aliphatic heterocycles. The minimum absolute atomic E-state index is 0.188. The van der Waals surface area contributed by atoms with Crippen LogP contribution in [0.1, 0.15) is 28.2 Å². The van der Waals surface area contributed by atoms with E-state index in [-0.39, 0.29) is 5.78 Å². The molecular weight excluding hydrogens is 222 g/mol. The Kier molecular flexibility index (Phi) is 2.14. The Bertz CT molecular complexity index is 555. The minimum atomic E-state index is 0.188. The van der Waals surface area contributed by atoms with E-state index < -0.39 is 0 Å². The van der Waals surface area contributed by atoms with Gasteiger partial charge in [0.05, 0.1) is 6.20 Å². The molecule has 0 saturated carbocycles. The van der Waals surface area contributed by atoms with Crippen molar-refractivity contribution in [1.29, 1.82) is 0 Å². The van der Waals surface area contributed by atoms with Crippen LogP contribution in [0.2, 0.25) is 0 Å². The standard InChI is InChI=1S/C11H11N3OS/c1-14-6-7(5-12-14)11-13-10-8(15)3-2-4-9(10)16-11/h5-6H,2-4H2,1H3. The lowest BCUT2D eigenvalue weighted by Gasteiger charge is -2.06. The molecule has 1 aliphatic carbocycles. The number of aromatic nitrogens is 3. The molecule has 5 heteroatoms. The molecule has 0 spiro atoms. The van der Waals surface area contributed by atoms with Crippen LogP contribution >= 0.6 is 11.3 Å². The summed E-state index contributed by atoms with van der Waals surface area (Å²) in [6, 6.07) is 0. The van der Waals surface area contributed by atoms with E-state index in [0.29, 0.717) is 12.1 Å². The minimum Gasteiger partial charge on any atom is -0.292 e. The first-order chi connectivity index (χ1) is 7.74. The van der Waals surface area contributed by atoms with Gasteiger partial charge in [-0.3, -0.25) is 9.48 Å². The first-order valence-electron chi connectivity index (χ1n) is 5.26. The van der Waals surface area contributed by atoms with Crippen molar-refractivity contribution in [3.8, 4) is 10.6 Å². The maximum Gasteiger partial charge on any atom is 0.182 e. The molecule has 2 aromatic rings. The maximum absolute atomic E-state index is 11.7. The summed E-state index contributed by atoms with van der Waals surface area (Å²) < 4.78 is 1.75. The molecule has 0 N–H and O–H groups in total. The largest absolute Gasteiger partial charge is 0.292 e. The zero-order valence-corrected chi connectivity index (χ0v) is 9.75. The highest BCUT2D eigenvalue weighted by atomic mass is 32.1. The molecule has 2 heterocycles. The molecule has 1 aliphatic rings. The number of carbonyl (C=O) groups is 1. The second kappa shape index (κ2) is 3.52. The Morgan fingerprint density at radius 2 is 2.31 bits per heavy atom. The fourth-order valence-electron chi connectivity index (χ4n) is 1.92. The second-order valence-corrected chi connectivity index (χ2v) is 5.05. The summed E-state index contributed by atoms with van der Waals surface area (Å²) in [5.41, 5.74) is 1.69. The predicted molar refractivity (Wildman–Crippen MR) is 61.6 cm³/mol. The van der Waals surface area contributed by atoms with E-state index in [1.54, 1.807) is 22.2 Å². The van der Waals surface area contributed by atoms with Crippen molar-refractivity contribution in [3.63, 3.8) is 0 Å². The molecule has 0 fully saturated rings. The number of ketones is 1. The lowest BCUT2D eigenvalue weighted by Crippen LogP contribution is -2.08. The average molecular weight is 233 g/mol. The number of rotatable bonds is 1. The van der Waals surface area contributed by atoms with Crippen LogP contribution in [0.5, 0.6) is 0 Å². The third-order valence-electron chi connectivity index (χ3n) is 2.72. The van der Waals surface area contributed by atoms with Crippen LogP contribution in [-0.2, 0) is 13.5 Å². The van der Waals surface area contributed by atoms with Gasteiger partial charge in [0, 0.05) is 30.1 Å². The van der Waals surface area contributed by atoms with Crippen molar-refractivity contribution >= 4 is 17.1 Å². The molecule has 16 heavy (non-hydrogen) atoms. The van der Waals surface area contributed by atoms with Crippen molar-refractivity contribution in [2.45, 2.75) is 19.3 Å². The van der Waals surface area contributed by atoms with Gasteiger partial charge in [-0.25, -0.2) is 4.98 Å². The molecule has 0 amide bonds. The second-order valence-electron chi connectivity index (χ2n) is 3.97. The van der Waals surface area contributed by atoms with Crippen molar-refractivity contribution < 1.29 is 4.79 Å². The Balaban J connectivity index is 2.07. The lowest BCUT2D eigenvalue weighted by atomic mass is 10.0. The van der Waals surface area contributed by atoms with E-state index in [1.807, 2.05) is 13.2 Å². The van der Waals surface area contributed by atoms with E-state index in [4.69, 9.17) is 0 Å². The molecule has 3 rings (SSSR count). The molecule has 0 unspecified atom stereocenters. The van der Waals surface area contributed by atoms with Crippen molar-refractivity contribution in [1.82, 2.24) is 14.8 Å². The number of nitrogens with zero attached hydrogens (tertiary/aromatic N) is 3. The van der Waals surface area contributed by atoms with E-state index >= 15 is 0 Å². The van der Waals surface area contributed by atoms with Gasteiger partial charge in [-0.1, -0.05) is 0 Å². The summed E-state index contributed by atoms with van der Waals surface area (Å²) in [7, 11) is 1.88. The SMILES string of the molecule is Cn1cc(-c2nc3c(s2)CCCC3=O)cn1. The Labute approximate surface area is 96.9 Å². The Hall–Kier alpha value is -1.49. The van der Waals surface area contributed by atoms with Gasteiger partial charge >= 0.3 is 0 Å². The van der Waals surface area contributed by atoms with E-state index in [2.05, 4.69) is 10.1 Å². The topological polar surface area (TPSA) is 47.8 Å². The Morgan fingerprint density at radius 1 is 1.44 bits per heavy atom. The summed E-state index contributed by atoms with van der Waals surface area (Å²) >= 11 is 1.62. The van der Waals surface area contributed by atoms with E-state index in [0.717, 1.165) is 28.3 Å². The van der Waals surface area contributed by atoms with Crippen molar-refractivity contribution in [2.24, 2.45) is 7.05 Å². The van der Waals surface area contributed by atoms with Gasteiger partial charge in [0.15, 0.2) is 5.78 Å². The quantitative estimate of drug-likeness (QED) is 0.757. The number of hydrogen-bond donors (Lipinski definition) is 0. The van der Waals surface area contributed by atoms with Crippen LogP contribution in [0.25, 0.3) is 10.6 Å². The molecule has 2 aromatic heterocycles. The fourth-order valence-corrected chi connectivity index (χ4v) is 3.02. The van der Waals surface area contributed by atoms with Crippen LogP contribution in [-0.4, -0.2) is 20.5 Å². The number of thiazole rings is 1. The summed E-state index contributed by atoms with van der Waals surface area (Å²) in [5, 5.41) is 5.03. The molecule has 82 valence electrons. The van der Waals surface area contributed by atoms with Crippen molar-refractivity contribution in [2.75, 3.05) is 0 Å². The molecule has 0 atom stereocenters. The predicted octanol–water partition coefficient (Wildman–Crippen LogP) is 2.06. The molecule has 0 saturated heterocycles. The first-order valence-corrected chi connectivity index (χ1v) is 6.07. The van der Waals surface area contributed by atoms with E-state index in [9.17, 15) is 4.79 Å². The highest BCUT2D eigenvalue weighted by Gasteiger charge is 2.22. The third kappa shape index (κ3) is 1.48. The first kappa shape index (κ1) is 9.72. The zero-order valence-electron chi connectivity index (χ0n) is 8.93. The highest BCUT2D eigenvalue weighted by Crippen LogP contribution is 2.32. The van der Waals surface area contributed by atoms with Crippen LogP contribution in [0.4, 0.5) is 0 Å². The average Bonchev–Trinajstić information content (AvgIpc) is 2.84. The third-order valence-corrected chi connectivity index (χ3v) is 3.89. The summed E-state index contributed by atoms with van der Waals surface area (Å²) in [4.78, 5) is 17.2.